The van der Waals surface area contributed by atoms with E-state index >= 15 is 0 Å². The molecule has 0 radical (unpaired) electrons. The molecule has 0 saturated heterocycles. The molecule has 3 aromatic rings. The lowest BCUT2D eigenvalue weighted by atomic mass is 10.0. The fraction of sp³-hybridized carbons (Fsp3) is 0.143. The molecule has 1 aromatic heterocycles. The number of amides is 2. The Morgan fingerprint density at radius 2 is 1.82 bits per heavy atom. The zero-order chi connectivity index (χ0) is 19.7. The van der Waals surface area contributed by atoms with Crippen LogP contribution < -0.4 is 10.2 Å². The summed E-state index contributed by atoms with van der Waals surface area (Å²) in [6.07, 6.45) is 2.91. The largest absolute Gasteiger partial charge is 0.459 e. The molecule has 0 spiro atoms. The predicted octanol–water partition coefficient (Wildman–Crippen LogP) is 4.40. The van der Waals surface area contributed by atoms with E-state index in [9.17, 15) is 18.4 Å². The molecule has 4 rings (SSSR count). The molecule has 0 fully saturated rings. The fourth-order valence-electron chi connectivity index (χ4n) is 3.33. The summed E-state index contributed by atoms with van der Waals surface area (Å²) in [4.78, 5) is 26.5. The molecule has 142 valence electrons. The highest BCUT2D eigenvalue weighted by Gasteiger charge is 2.26. The van der Waals surface area contributed by atoms with Crippen molar-refractivity contribution in [1.82, 2.24) is 0 Å². The quantitative estimate of drug-likeness (QED) is 0.730. The molecule has 0 saturated carbocycles. The van der Waals surface area contributed by atoms with E-state index in [-0.39, 0.29) is 11.7 Å². The van der Waals surface area contributed by atoms with Gasteiger partial charge in [-0.1, -0.05) is 6.07 Å². The summed E-state index contributed by atoms with van der Waals surface area (Å²) in [6.45, 7) is 0.554. The fourth-order valence-corrected chi connectivity index (χ4v) is 3.33. The SMILES string of the molecule is O=C(Nc1ccc2c(c1)CCCN2C(=O)c1ccco1)c1c(F)cccc1F. The van der Waals surface area contributed by atoms with Gasteiger partial charge in [0.2, 0.25) is 0 Å². The van der Waals surface area contributed by atoms with E-state index in [0.717, 1.165) is 36.2 Å². The highest BCUT2D eigenvalue weighted by Crippen LogP contribution is 2.31. The summed E-state index contributed by atoms with van der Waals surface area (Å²) < 4.78 is 32.8. The van der Waals surface area contributed by atoms with Gasteiger partial charge in [0.25, 0.3) is 11.8 Å². The second-order valence-corrected chi connectivity index (χ2v) is 6.43. The smallest absolute Gasteiger partial charge is 0.293 e. The van der Waals surface area contributed by atoms with Gasteiger partial charge in [-0.05, 0) is 60.9 Å². The van der Waals surface area contributed by atoms with E-state index in [4.69, 9.17) is 4.42 Å². The third-order valence-electron chi connectivity index (χ3n) is 4.62. The number of hydrogen-bond donors (Lipinski definition) is 1. The van der Waals surface area contributed by atoms with Gasteiger partial charge in [0, 0.05) is 17.9 Å². The lowest BCUT2D eigenvalue weighted by molar-refractivity contribution is 0.0957. The number of carbonyl (C=O) groups is 2. The first-order valence-corrected chi connectivity index (χ1v) is 8.78. The molecule has 2 amide bonds. The van der Waals surface area contributed by atoms with Crippen molar-refractivity contribution in [3.05, 3.63) is 83.3 Å². The Bertz CT molecular complexity index is 1030. The third-order valence-corrected chi connectivity index (χ3v) is 4.62. The molecule has 0 bridgehead atoms. The van der Waals surface area contributed by atoms with E-state index in [1.807, 2.05) is 0 Å². The van der Waals surface area contributed by atoms with Crippen LogP contribution in [0, 0.1) is 11.6 Å². The van der Waals surface area contributed by atoms with Gasteiger partial charge in [-0.3, -0.25) is 9.59 Å². The molecule has 0 atom stereocenters. The van der Waals surface area contributed by atoms with Crippen molar-refractivity contribution in [2.24, 2.45) is 0 Å². The average molecular weight is 382 g/mol. The number of anilines is 2. The van der Waals surface area contributed by atoms with Crippen LogP contribution in [0.4, 0.5) is 20.2 Å². The van der Waals surface area contributed by atoms with Crippen molar-refractivity contribution in [2.45, 2.75) is 12.8 Å². The van der Waals surface area contributed by atoms with Gasteiger partial charge in [0.1, 0.15) is 17.2 Å². The molecule has 0 aliphatic carbocycles. The van der Waals surface area contributed by atoms with Crippen molar-refractivity contribution < 1.29 is 22.8 Å². The van der Waals surface area contributed by atoms with Crippen LogP contribution in [0.1, 0.15) is 32.9 Å². The number of benzene rings is 2. The van der Waals surface area contributed by atoms with Gasteiger partial charge in [-0.2, -0.15) is 0 Å². The molecule has 1 aliphatic rings. The standard InChI is InChI=1S/C21H16F2N2O3/c22-15-5-1-6-16(23)19(15)20(26)24-14-8-9-17-13(12-14)4-2-10-25(17)21(27)18-7-3-11-28-18/h1,3,5-9,11-12H,2,4,10H2,(H,24,26). The molecule has 28 heavy (non-hydrogen) atoms. The van der Waals surface area contributed by atoms with Crippen molar-refractivity contribution in [2.75, 3.05) is 16.8 Å². The zero-order valence-electron chi connectivity index (χ0n) is 14.7. The maximum Gasteiger partial charge on any atom is 0.293 e. The lowest BCUT2D eigenvalue weighted by Gasteiger charge is -2.29. The molecule has 5 nitrogen and oxygen atoms in total. The van der Waals surface area contributed by atoms with Crippen LogP contribution in [0.2, 0.25) is 0 Å². The number of nitrogens with zero attached hydrogens (tertiary/aromatic N) is 1. The van der Waals surface area contributed by atoms with Gasteiger partial charge < -0.3 is 14.6 Å². The number of nitrogens with one attached hydrogen (secondary N) is 1. The second kappa shape index (κ2) is 7.26. The maximum absolute atomic E-state index is 13.8. The Hall–Kier alpha value is -3.48. The summed E-state index contributed by atoms with van der Waals surface area (Å²) in [5.41, 5.74) is 1.36. The summed E-state index contributed by atoms with van der Waals surface area (Å²) in [5, 5.41) is 2.52. The van der Waals surface area contributed by atoms with Crippen LogP contribution in [0.15, 0.2) is 59.2 Å². The van der Waals surface area contributed by atoms with Gasteiger partial charge in [-0.25, -0.2) is 8.78 Å². The number of aryl methyl sites for hydroxylation is 1. The topological polar surface area (TPSA) is 62.6 Å². The Labute approximate surface area is 159 Å². The van der Waals surface area contributed by atoms with E-state index < -0.39 is 23.1 Å². The molecule has 2 heterocycles. The van der Waals surface area contributed by atoms with Crippen molar-refractivity contribution in [3.8, 4) is 0 Å². The summed E-state index contributed by atoms with van der Waals surface area (Å²) in [6, 6.07) is 11.5. The molecule has 2 aromatic carbocycles. The number of rotatable bonds is 3. The number of carbonyl (C=O) groups excluding carboxylic acids is 2. The van der Waals surface area contributed by atoms with Crippen LogP contribution in [-0.2, 0) is 6.42 Å². The van der Waals surface area contributed by atoms with E-state index in [2.05, 4.69) is 5.32 Å². The minimum absolute atomic E-state index is 0.240. The van der Waals surface area contributed by atoms with Gasteiger partial charge in [-0.15, -0.1) is 0 Å². The normalized spacial score (nSPS) is 13.1. The van der Waals surface area contributed by atoms with E-state index in [0.29, 0.717) is 12.2 Å². The first-order valence-electron chi connectivity index (χ1n) is 8.78. The Morgan fingerprint density at radius 3 is 2.54 bits per heavy atom. The van der Waals surface area contributed by atoms with Crippen LogP contribution in [0.25, 0.3) is 0 Å². The average Bonchev–Trinajstić information content (AvgIpc) is 3.21. The van der Waals surface area contributed by atoms with Crippen molar-refractivity contribution >= 4 is 23.2 Å². The molecule has 1 aliphatic heterocycles. The number of hydrogen-bond acceptors (Lipinski definition) is 3. The first-order chi connectivity index (χ1) is 13.5. The summed E-state index contributed by atoms with van der Waals surface area (Å²) in [7, 11) is 0. The van der Waals surface area contributed by atoms with E-state index in [1.54, 1.807) is 35.2 Å². The Balaban J connectivity index is 1.59. The molecule has 7 heteroatoms. The maximum atomic E-state index is 13.8. The predicted molar refractivity (Wildman–Crippen MR) is 99.5 cm³/mol. The van der Waals surface area contributed by atoms with Crippen molar-refractivity contribution in [1.29, 1.82) is 0 Å². The zero-order valence-corrected chi connectivity index (χ0v) is 14.7. The Kier molecular flexibility index (Phi) is 4.65. The molecule has 0 unspecified atom stereocenters. The molecular weight excluding hydrogens is 366 g/mol. The van der Waals surface area contributed by atoms with Crippen LogP contribution in [-0.4, -0.2) is 18.4 Å². The van der Waals surface area contributed by atoms with E-state index in [1.165, 1.54) is 12.3 Å². The lowest BCUT2D eigenvalue weighted by Crippen LogP contribution is -2.35. The number of furan rings is 1. The Morgan fingerprint density at radius 1 is 1.04 bits per heavy atom. The van der Waals surface area contributed by atoms with Gasteiger partial charge in [0.05, 0.1) is 6.26 Å². The minimum atomic E-state index is -0.925. The van der Waals surface area contributed by atoms with Crippen LogP contribution in [0.3, 0.4) is 0 Å². The molecule has 1 N–H and O–H groups in total. The van der Waals surface area contributed by atoms with Gasteiger partial charge in [0.15, 0.2) is 5.76 Å². The third kappa shape index (κ3) is 3.26. The number of halogens is 2. The number of fused-ring (bicyclic) bond motifs is 1. The van der Waals surface area contributed by atoms with Crippen LogP contribution >= 0.6 is 0 Å². The molecular formula is C21H16F2N2O3. The second-order valence-electron chi connectivity index (χ2n) is 6.43. The summed E-state index contributed by atoms with van der Waals surface area (Å²) >= 11 is 0. The van der Waals surface area contributed by atoms with Crippen molar-refractivity contribution in [3.63, 3.8) is 0 Å². The first kappa shape index (κ1) is 17.9. The van der Waals surface area contributed by atoms with Gasteiger partial charge >= 0.3 is 0 Å². The van der Waals surface area contributed by atoms with Crippen LogP contribution in [0.5, 0.6) is 0 Å². The minimum Gasteiger partial charge on any atom is -0.459 e. The highest BCUT2D eigenvalue weighted by molar-refractivity contribution is 6.06. The highest BCUT2D eigenvalue weighted by atomic mass is 19.1. The summed E-state index contributed by atoms with van der Waals surface area (Å²) in [5.74, 6) is -2.71. The monoisotopic (exact) mass is 382 g/mol.